The number of rotatable bonds is 2. The highest BCUT2D eigenvalue weighted by atomic mass is 16.5. The quantitative estimate of drug-likeness (QED) is 0.899. The van der Waals surface area contributed by atoms with Crippen LogP contribution in [0.4, 0.5) is 0 Å². The van der Waals surface area contributed by atoms with Gasteiger partial charge in [-0.05, 0) is 12.8 Å². The molecule has 1 N–H and O–H groups in total. The summed E-state index contributed by atoms with van der Waals surface area (Å²) >= 11 is 0. The molecule has 1 amide bonds. The van der Waals surface area contributed by atoms with Gasteiger partial charge in [-0.15, -0.1) is 0 Å². The SMILES string of the molecule is CC(C)c1cc(C(=O)N2CC3CCCC(C2)C3O)no1. The molecule has 5 heteroatoms. The molecular weight excluding hydrogens is 256 g/mol. The molecule has 1 saturated heterocycles. The van der Waals surface area contributed by atoms with Crippen molar-refractivity contribution in [3.05, 3.63) is 17.5 Å². The highest BCUT2D eigenvalue weighted by Gasteiger charge is 2.40. The molecule has 3 rings (SSSR count). The van der Waals surface area contributed by atoms with Crippen molar-refractivity contribution < 1.29 is 14.4 Å². The van der Waals surface area contributed by atoms with Crippen LogP contribution in [0.5, 0.6) is 0 Å². The second kappa shape index (κ2) is 5.20. The van der Waals surface area contributed by atoms with E-state index < -0.39 is 0 Å². The highest BCUT2D eigenvalue weighted by molar-refractivity contribution is 5.92. The van der Waals surface area contributed by atoms with E-state index in [9.17, 15) is 9.90 Å². The predicted octanol–water partition coefficient (Wildman–Crippen LogP) is 2.03. The normalized spacial score (nSPS) is 29.8. The number of hydrogen-bond acceptors (Lipinski definition) is 4. The van der Waals surface area contributed by atoms with Crippen molar-refractivity contribution in [2.45, 2.75) is 45.1 Å². The molecule has 1 saturated carbocycles. The van der Waals surface area contributed by atoms with Crippen LogP contribution in [0.15, 0.2) is 10.6 Å². The summed E-state index contributed by atoms with van der Waals surface area (Å²) in [5.74, 6) is 1.35. The Morgan fingerprint density at radius 2 is 2.05 bits per heavy atom. The first-order valence-corrected chi connectivity index (χ1v) is 7.50. The van der Waals surface area contributed by atoms with Crippen molar-refractivity contribution in [2.24, 2.45) is 11.8 Å². The summed E-state index contributed by atoms with van der Waals surface area (Å²) < 4.78 is 5.21. The monoisotopic (exact) mass is 278 g/mol. The smallest absolute Gasteiger partial charge is 0.276 e. The zero-order valence-electron chi connectivity index (χ0n) is 12.1. The van der Waals surface area contributed by atoms with Gasteiger partial charge in [0.15, 0.2) is 5.69 Å². The van der Waals surface area contributed by atoms with Gasteiger partial charge in [-0.25, -0.2) is 0 Å². The molecule has 110 valence electrons. The summed E-state index contributed by atoms with van der Waals surface area (Å²) in [6.45, 7) is 5.30. The van der Waals surface area contributed by atoms with Gasteiger partial charge in [0.25, 0.3) is 5.91 Å². The maximum absolute atomic E-state index is 12.5. The van der Waals surface area contributed by atoms with E-state index in [0.29, 0.717) is 18.8 Å². The topological polar surface area (TPSA) is 66.6 Å². The van der Waals surface area contributed by atoms with E-state index in [4.69, 9.17) is 4.52 Å². The Balaban J connectivity index is 1.74. The number of aromatic nitrogens is 1. The fourth-order valence-electron chi connectivity index (χ4n) is 3.40. The summed E-state index contributed by atoms with van der Waals surface area (Å²) in [5, 5.41) is 14.1. The van der Waals surface area contributed by atoms with Gasteiger partial charge in [0, 0.05) is 36.9 Å². The van der Waals surface area contributed by atoms with Crippen LogP contribution >= 0.6 is 0 Å². The van der Waals surface area contributed by atoms with Crippen LogP contribution in [0.25, 0.3) is 0 Å². The standard InChI is InChI=1S/C15H22N2O3/c1-9(2)13-6-12(16-20-13)15(19)17-7-10-4-3-5-11(8-17)14(10)18/h6,9-11,14,18H,3-5,7-8H2,1-2H3. The average molecular weight is 278 g/mol. The van der Waals surface area contributed by atoms with Gasteiger partial charge in [-0.2, -0.15) is 0 Å². The number of aliphatic hydroxyl groups excluding tert-OH is 1. The maximum atomic E-state index is 12.5. The van der Waals surface area contributed by atoms with Gasteiger partial charge < -0.3 is 14.5 Å². The van der Waals surface area contributed by atoms with E-state index >= 15 is 0 Å². The molecule has 0 radical (unpaired) electrons. The number of carbonyl (C=O) groups excluding carboxylic acids is 1. The third-order valence-corrected chi connectivity index (χ3v) is 4.63. The van der Waals surface area contributed by atoms with E-state index in [1.807, 2.05) is 18.7 Å². The van der Waals surface area contributed by atoms with Crippen LogP contribution in [-0.2, 0) is 0 Å². The summed E-state index contributed by atoms with van der Waals surface area (Å²) in [6.07, 6.45) is 2.95. The van der Waals surface area contributed by atoms with Crippen LogP contribution < -0.4 is 0 Å². The minimum atomic E-state index is -0.240. The third kappa shape index (κ3) is 2.35. The Kier molecular flexibility index (Phi) is 3.54. The number of fused-ring (bicyclic) bond motifs is 2. The number of amides is 1. The summed E-state index contributed by atoms with van der Waals surface area (Å²) in [4.78, 5) is 14.3. The van der Waals surface area contributed by atoms with Crippen molar-refractivity contribution >= 4 is 5.91 Å². The van der Waals surface area contributed by atoms with Crippen molar-refractivity contribution in [1.82, 2.24) is 10.1 Å². The van der Waals surface area contributed by atoms with Crippen molar-refractivity contribution in [2.75, 3.05) is 13.1 Å². The van der Waals surface area contributed by atoms with Gasteiger partial charge in [-0.3, -0.25) is 4.79 Å². The van der Waals surface area contributed by atoms with Gasteiger partial charge in [-0.1, -0.05) is 25.4 Å². The molecule has 2 heterocycles. The molecule has 5 nitrogen and oxygen atoms in total. The van der Waals surface area contributed by atoms with Gasteiger partial charge >= 0.3 is 0 Å². The molecular formula is C15H22N2O3. The lowest BCUT2D eigenvalue weighted by Gasteiger charge is -2.44. The zero-order chi connectivity index (χ0) is 14.3. The first-order valence-electron chi connectivity index (χ1n) is 7.50. The van der Waals surface area contributed by atoms with Crippen LogP contribution in [0, 0.1) is 11.8 Å². The minimum Gasteiger partial charge on any atom is -0.392 e. The molecule has 1 aromatic rings. The number of carbonyl (C=O) groups is 1. The van der Waals surface area contributed by atoms with Crippen LogP contribution in [0.3, 0.4) is 0 Å². The molecule has 2 atom stereocenters. The number of nitrogens with zero attached hydrogens (tertiary/aromatic N) is 2. The van der Waals surface area contributed by atoms with Crippen molar-refractivity contribution in [3.63, 3.8) is 0 Å². The molecule has 2 fully saturated rings. The summed E-state index contributed by atoms with van der Waals surface area (Å²) in [6, 6.07) is 1.74. The molecule has 20 heavy (non-hydrogen) atoms. The summed E-state index contributed by atoms with van der Waals surface area (Å²) in [7, 11) is 0. The van der Waals surface area contributed by atoms with E-state index in [-0.39, 0.29) is 29.8 Å². The Bertz CT molecular complexity index is 483. The Hall–Kier alpha value is -1.36. The Morgan fingerprint density at radius 1 is 1.40 bits per heavy atom. The molecule has 0 aromatic carbocycles. The third-order valence-electron chi connectivity index (χ3n) is 4.63. The number of hydrogen-bond donors (Lipinski definition) is 1. The molecule has 1 aromatic heterocycles. The Morgan fingerprint density at radius 3 is 2.60 bits per heavy atom. The predicted molar refractivity (Wildman–Crippen MR) is 73.3 cm³/mol. The molecule has 1 aliphatic carbocycles. The van der Waals surface area contributed by atoms with E-state index in [2.05, 4.69) is 5.16 Å². The van der Waals surface area contributed by atoms with Gasteiger partial charge in [0.05, 0.1) is 6.10 Å². The second-order valence-electron chi connectivity index (χ2n) is 6.42. The lowest BCUT2D eigenvalue weighted by atomic mass is 9.75. The number of likely N-dealkylation sites (tertiary alicyclic amines) is 1. The maximum Gasteiger partial charge on any atom is 0.276 e. The lowest BCUT2D eigenvalue weighted by Crippen LogP contribution is -2.53. The molecule has 2 bridgehead atoms. The molecule has 1 aliphatic heterocycles. The summed E-state index contributed by atoms with van der Waals surface area (Å²) in [5.41, 5.74) is 0.392. The minimum absolute atomic E-state index is 0.0653. The highest BCUT2D eigenvalue weighted by Crippen LogP contribution is 2.35. The fraction of sp³-hybridized carbons (Fsp3) is 0.733. The van der Waals surface area contributed by atoms with Crippen LogP contribution in [0.2, 0.25) is 0 Å². The van der Waals surface area contributed by atoms with E-state index in [0.717, 1.165) is 25.0 Å². The number of aliphatic hydroxyl groups is 1. The largest absolute Gasteiger partial charge is 0.392 e. The zero-order valence-corrected chi connectivity index (χ0v) is 12.1. The lowest BCUT2D eigenvalue weighted by molar-refractivity contribution is -0.0415. The van der Waals surface area contributed by atoms with Gasteiger partial charge in [0.2, 0.25) is 0 Å². The van der Waals surface area contributed by atoms with Crippen LogP contribution in [0.1, 0.15) is 55.3 Å². The van der Waals surface area contributed by atoms with Crippen molar-refractivity contribution in [3.8, 4) is 0 Å². The Labute approximate surface area is 118 Å². The van der Waals surface area contributed by atoms with Crippen molar-refractivity contribution in [1.29, 1.82) is 0 Å². The molecule has 0 spiro atoms. The van der Waals surface area contributed by atoms with Crippen LogP contribution in [-0.4, -0.2) is 40.3 Å². The first kappa shape index (κ1) is 13.6. The van der Waals surface area contributed by atoms with E-state index in [1.165, 1.54) is 0 Å². The average Bonchev–Trinajstić information content (AvgIpc) is 2.87. The first-order chi connectivity index (χ1) is 9.56. The molecule has 2 aliphatic rings. The second-order valence-corrected chi connectivity index (χ2v) is 6.42. The fourth-order valence-corrected chi connectivity index (χ4v) is 3.40. The van der Waals surface area contributed by atoms with Gasteiger partial charge in [0.1, 0.15) is 5.76 Å². The molecule has 2 unspecified atom stereocenters. The number of piperidine rings is 1. The van der Waals surface area contributed by atoms with E-state index in [1.54, 1.807) is 6.07 Å².